The summed E-state index contributed by atoms with van der Waals surface area (Å²) in [6.45, 7) is 5.58. The lowest BCUT2D eigenvalue weighted by molar-refractivity contribution is -0.121. The summed E-state index contributed by atoms with van der Waals surface area (Å²) in [5, 5.41) is 6.18. The van der Waals surface area contributed by atoms with Crippen LogP contribution in [-0.2, 0) is 4.79 Å². The molecule has 1 heterocycles. The average Bonchev–Trinajstić information content (AvgIpc) is 2.36. The largest absolute Gasteiger partial charge is 0.397 e. The first-order chi connectivity index (χ1) is 9.13. The molecule has 4 N–H and O–H groups in total. The van der Waals surface area contributed by atoms with Crippen LogP contribution in [-0.4, -0.2) is 24.0 Å². The van der Waals surface area contributed by atoms with E-state index in [9.17, 15) is 4.79 Å². The molecule has 0 bridgehead atoms. The van der Waals surface area contributed by atoms with Crippen LogP contribution in [0.1, 0.15) is 38.2 Å². The van der Waals surface area contributed by atoms with Crippen LogP contribution in [0.15, 0.2) is 12.3 Å². The van der Waals surface area contributed by atoms with Crippen molar-refractivity contribution in [3.63, 3.8) is 0 Å². The molecule has 0 unspecified atom stereocenters. The predicted octanol–water partition coefficient (Wildman–Crippen LogP) is 2.08. The van der Waals surface area contributed by atoms with Crippen molar-refractivity contribution in [3.05, 3.63) is 17.8 Å². The Morgan fingerprint density at radius 3 is 2.79 bits per heavy atom. The van der Waals surface area contributed by atoms with Crippen LogP contribution in [0.25, 0.3) is 0 Å². The molecule has 0 spiro atoms. The zero-order valence-electron chi connectivity index (χ0n) is 11.8. The maximum Gasteiger partial charge on any atom is 0.219 e. The first kappa shape index (κ1) is 15.3. The molecular weight excluding hydrogens is 240 g/mol. The number of nitrogens with zero attached hydrogens (tertiary/aromatic N) is 1. The number of carbonyl (C=O) groups excluding carboxylic acids is 1. The first-order valence-electron chi connectivity index (χ1n) is 6.86. The number of carbonyl (C=O) groups is 1. The second-order valence-electron chi connectivity index (χ2n) is 4.67. The predicted molar refractivity (Wildman–Crippen MR) is 79.0 cm³/mol. The average molecular weight is 264 g/mol. The third kappa shape index (κ3) is 6.08. The van der Waals surface area contributed by atoms with Gasteiger partial charge in [0.15, 0.2) is 0 Å². The molecular formula is C14H24N4O. The standard InChI is InChI=1S/C14H24N4O/c1-3-6-13(19)16-7-4-5-8-17-14-11(2)9-12(15)10-18-14/h9-10H,3-8,15H2,1-2H3,(H,16,19)(H,17,18). The lowest BCUT2D eigenvalue weighted by Gasteiger charge is -2.09. The Labute approximate surface area is 115 Å². The van der Waals surface area contributed by atoms with Crippen LogP contribution in [0.3, 0.4) is 0 Å². The number of anilines is 2. The highest BCUT2D eigenvalue weighted by atomic mass is 16.1. The first-order valence-corrected chi connectivity index (χ1v) is 6.86. The van der Waals surface area contributed by atoms with Gasteiger partial charge in [-0.15, -0.1) is 0 Å². The summed E-state index contributed by atoms with van der Waals surface area (Å²) >= 11 is 0. The highest BCUT2D eigenvalue weighted by Crippen LogP contribution is 2.13. The van der Waals surface area contributed by atoms with Gasteiger partial charge in [0.2, 0.25) is 5.91 Å². The van der Waals surface area contributed by atoms with Crippen molar-refractivity contribution >= 4 is 17.4 Å². The van der Waals surface area contributed by atoms with Crippen molar-refractivity contribution in [2.75, 3.05) is 24.1 Å². The number of aryl methyl sites for hydroxylation is 1. The van der Waals surface area contributed by atoms with Crippen LogP contribution in [0.5, 0.6) is 0 Å². The molecule has 19 heavy (non-hydrogen) atoms. The number of amides is 1. The molecule has 0 aliphatic carbocycles. The number of rotatable bonds is 8. The number of nitrogen functional groups attached to an aromatic ring is 1. The number of nitrogens with one attached hydrogen (secondary N) is 2. The molecule has 0 fully saturated rings. The maximum atomic E-state index is 11.2. The summed E-state index contributed by atoms with van der Waals surface area (Å²) in [7, 11) is 0. The fraction of sp³-hybridized carbons (Fsp3) is 0.571. The van der Waals surface area contributed by atoms with Crippen LogP contribution < -0.4 is 16.4 Å². The minimum Gasteiger partial charge on any atom is -0.397 e. The molecule has 0 aliphatic rings. The minimum atomic E-state index is 0.145. The minimum absolute atomic E-state index is 0.145. The fourth-order valence-electron chi connectivity index (χ4n) is 1.78. The zero-order valence-corrected chi connectivity index (χ0v) is 11.8. The monoisotopic (exact) mass is 264 g/mol. The van der Waals surface area contributed by atoms with Crippen molar-refractivity contribution in [3.8, 4) is 0 Å². The van der Waals surface area contributed by atoms with Gasteiger partial charge in [-0.3, -0.25) is 4.79 Å². The number of hydrogen-bond acceptors (Lipinski definition) is 4. The second kappa shape index (κ2) is 8.34. The van der Waals surface area contributed by atoms with Crippen molar-refractivity contribution in [1.82, 2.24) is 10.3 Å². The van der Waals surface area contributed by atoms with Gasteiger partial charge in [0.05, 0.1) is 11.9 Å². The second-order valence-corrected chi connectivity index (χ2v) is 4.67. The molecule has 0 aromatic carbocycles. The van der Waals surface area contributed by atoms with Gasteiger partial charge in [-0.1, -0.05) is 6.92 Å². The van der Waals surface area contributed by atoms with E-state index in [0.717, 1.165) is 43.7 Å². The van der Waals surface area contributed by atoms with Gasteiger partial charge < -0.3 is 16.4 Å². The molecule has 5 heteroatoms. The van der Waals surface area contributed by atoms with Crippen molar-refractivity contribution < 1.29 is 4.79 Å². The smallest absolute Gasteiger partial charge is 0.219 e. The number of unbranched alkanes of at least 4 members (excludes halogenated alkanes) is 1. The van der Waals surface area contributed by atoms with Crippen LogP contribution in [0, 0.1) is 6.92 Å². The van der Waals surface area contributed by atoms with E-state index in [4.69, 9.17) is 5.73 Å². The van der Waals surface area contributed by atoms with Gasteiger partial charge >= 0.3 is 0 Å². The third-order valence-corrected chi connectivity index (χ3v) is 2.79. The molecule has 0 aliphatic heterocycles. The summed E-state index contributed by atoms with van der Waals surface area (Å²) in [5.74, 6) is 1.02. The van der Waals surface area contributed by atoms with Gasteiger partial charge in [0.25, 0.3) is 0 Å². The number of nitrogens with two attached hydrogens (primary N) is 1. The number of aromatic nitrogens is 1. The zero-order chi connectivity index (χ0) is 14.1. The third-order valence-electron chi connectivity index (χ3n) is 2.79. The fourth-order valence-corrected chi connectivity index (χ4v) is 1.78. The van der Waals surface area contributed by atoms with E-state index >= 15 is 0 Å². The normalized spacial score (nSPS) is 10.2. The Morgan fingerprint density at radius 1 is 1.37 bits per heavy atom. The lowest BCUT2D eigenvalue weighted by atomic mass is 10.2. The summed E-state index contributed by atoms with van der Waals surface area (Å²) in [6.07, 6.45) is 5.14. The van der Waals surface area contributed by atoms with E-state index in [0.29, 0.717) is 12.1 Å². The van der Waals surface area contributed by atoms with Crippen LogP contribution in [0.4, 0.5) is 11.5 Å². The number of pyridine rings is 1. The molecule has 1 rings (SSSR count). The van der Waals surface area contributed by atoms with Gasteiger partial charge in [-0.05, 0) is 37.8 Å². The SMILES string of the molecule is CCCC(=O)NCCCCNc1ncc(N)cc1C. The quantitative estimate of drug-likeness (QED) is 0.628. The molecule has 1 aromatic heterocycles. The molecule has 1 aromatic rings. The van der Waals surface area contributed by atoms with Crippen LogP contribution in [0.2, 0.25) is 0 Å². The van der Waals surface area contributed by atoms with E-state index in [1.165, 1.54) is 0 Å². The number of hydrogen-bond donors (Lipinski definition) is 3. The topological polar surface area (TPSA) is 80.0 Å². The van der Waals surface area contributed by atoms with Crippen LogP contribution >= 0.6 is 0 Å². The van der Waals surface area contributed by atoms with E-state index in [1.807, 2.05) is 19.9 Å². The van der Waals surface area contributed by atoms with Gasteiger partial charge in [0.1, 0.15) is 5.82 Å². The summed E-state index contributed by atoms with van der Waals surface area (Å²) in [6, 6.07) is 1.90. The molecule has 5 nitrogen and oxygen atoms in total. The van der Waals surface area contributed by atoms with Crippen molar-refractivity contribution in [1.29, 1.82) is 0 Å². The van der Waals surface area contributed by atoms with Gasteiger partial charge in [0, 0.05) is 19.5 Å². The van der Waals surface area contributed by atoms with E-state index in [2.05, 4.69) is 15.6 Å². The summed E-state index contributed by atoms with van der Waals surface area (Å²) < 4.78 is 0. The van der Waals surface area contributed by atoms with Gasteiger partial charge in [-0.2, -0.15) is 0 Å². The Morgan fingerprint density at radius 2 is 2.11 bits per heavy atom. The molecule has 0 radical (unpaired) electrons. The Hall–Kier alpha value is -1.78. The molecule has 0 atom stereocenters. The Balaban J connectivity index is 2.12. The van der Waals surface area contributed by atoms with Crippen molar-refractivity contribution in [2.45, 2.75) is 39.5 Å². The molecule has 106 valence electrons. The summed E-state index contributed by atoms with van der Waals surface area (Å²) in [5.41, 5.74) is 7.38. The Bertz CT molecular complexity index is 406. The lowest BCUT2D eigenvalue weighted by Crippen LogP contribution is -2.24. The highest BCUT2D eigenvalue weighted by Gasteiger charge is 2.00. The maximum absolute atomic E-state index is 11.2. The van der Waals surface area contributed by atoms with Gasteiger partial charge in [-0.25, -0.2) is 4.98 Å². The summed E-state index contributed by atoms with van der Waals surface area (Å²) in [4.78, 5) is 15.5. The molecule has 0 saturated heterocycles. The Kier molecular flexibility index (Phi) is 6.71. The van der Waals surface area contributed by atoms with Crippen molar-refractivity contribution in [2.24, 2.45) is 0 Å². The highest BCUT2D eigenvalue weighted by molar-refractivity contribution is 5.75. The van der Waals surface area contributed by atoms with E-state index in [1.54, 1.807) is 6.20 Å². The molecule has 1 amide bonds. The van der Waals surface area contributed by atoms with E-state index in [-0.39, 0.29) is 5.91 Å². The molecule has 0 saturated carbocycles. The van der Waals surface area contributed by atoms with E-state index < -0.39 is 0 Å².